The summed E-state index contributed by atoms with van der Waals surface area (Å²) < 4.78 is 0. The standard InChI is InChI=1S/C18H32N4O7/c1-5-9(3)14(19)17(27)20-8-12(23)21-11(7-13(24)25)16(26)22-15(18(28)29)10(4)6-2/h9-11,14-15H,5-8,19H2,1-4H3,(H,20,27)(H,21,23)(H,22,26)(H,24,25)(H,28,29). The maximum absolute atomic E-state index is 12.4. The van der Waals surface area contributed by atoms with Gasteiger partial charge in [-0.1, -0.05) is 40.5 Å². The van der Waals surface area contributed by atoms with Crippen molar-refractivity contribution in [3.05, 3.63) is 0 Å². The van der Waals surface area contributed by atoms with Crippen LogP contribution in [0.5, 0.6) is 0 Å². The predicted molar refractivity (Wildman–Crippen MR) is 104 cm³/mol. The molecule has 5 unspecified atom stereocenters. The van der Waals surface area contributed by atoms with E-state index in [2.05, 4.69) is 16.0 Å². The van der Waals surface area contributed by atoms with Crippen LogP contribution >= 0.6 is 0 Å². The van der Waals surface area contributed by atoms with E-state index in [4.69, 9.17) is 10.8 Å². The number of nitrogens with one attached hydrogen (secondary N) is 3. The van der Waals surface area contributed by atoms with Gasteiger partial charge in [0.15, 0.2) is 0 Å². The highest BCUT2D eigenvalue weighted by atomic mass is 16.4. The third-order valence-corrected chi connectivity index (χ3v) is 4.79. The minimum Gasteiger partial charge on any atom is -0.481 e. The molecule has 7 N–H and O–H groups in total. The summed E-state index contributed by atoms with van der Waals surface area (Å²) in [7, 11) is 0. The van der Waals surface area contributed by atoms with Crippen LogP contribution in [0, 0.1) is 11.8 Å². The average Bonchev–Trinajstić information content (AvgIpc) is 2.66. The number of carbonyl (C=O) groups excluding carboxylic acids is 3. The number of aliphatic carboxylic acids is 2. The number of nitrogens with two attached hydrogens (primary N) is 1. The smallest absolute Gasteiger partial charge is 0.326 e. The zero-order valence-corrected chi connectivity index (χ0v) is 17.2. The second-order valence-electron chi connectivity index (χ2n) is 7.06. The third-order valence-electron chi connectivity index (χ3n) is 4.79. The topological polar surface area (TPSA) is 188 Å². The Labute approximate surface area is 169 Å². The fourth-order valence-electron chi connectivity index (χ4n) is 2.36. The SMILES string of the molecule is CCC(C)C(N)C(=O)NCC(=O)NC(CC(=O)O)C(=O)NC(C(=O)O)C(C)CC. The molecule has 29 heavy (non-hydrogen) atoms. The molecule has 0 heterocycles. The molecule has 0 aliphatic rings. The largest absolute Gasteiger partial charge is 0.481 e. The van der Waals surface area contributed by atoms with Gasteiger partial charge in [-0.05, 0) is 11.8 Å². The van der Waals surface area contributed by atoms with Crippen molar-refractivity contribution in [1.29, 1.82) is 0 Å². The highest BCUT2D eigenvalue weighted by Crippen LogP contribution is 2.09. The van der Waals surface area contributed by atoms with Crippen molar-refractivity contribution in [2.75, 3.05) is 6.54 Å². The van der Waals surface area contributed by atoms with Gasteiger partial charge in [0.25, 0.3) is 0 Å². The number of rotatable bonds is 13. The predicted octanol–water partition coefficient (Wildman–Crippen LogP) is -0.949. The average molecular weight is 416 g/mol. The molecule has 0 spiro atoms. The van der Waals surface area contributed by atoms with E-state index in [0.29, 0.717) is 12.8 Å². The van der Waals surface area contributed by atoms with E-state index in [1.807, 2.05) is 6.92 Å². The molecular formula is C18H32N4O7. The minimum atomic E-state index is -1.49. The Bertz CT molecular complexity index is 611. The van der Waals surface area contributed by atoms with Crippen LogP contribution < -0.4 is 21.7 Å². The van der Waals surface area contributed by atoms with E-state index < -0.39 is 66.7 Å². The molecule has 5 atom stereocenters. The van der Waals surface area contributed by atoms with Crippen LogP contribution in [0.4, 0.5) is 0 Å². The Balaban J connectivity index is 4.99. The van der Waals surface area contributed by atoms with Gasteiger partial charge in [-0.2, -0.15) is 0 Å². The van der Waals surface area contributed by atoms with Crippen LogP contribution in [0.2, 0.25) is 0 Å². The summed E-state index contributed by atoms with van der Waals surface area (Å²) in [4.78, 5) is 58.7. The molecule has 0 aromatic carbocycles. The van der Waals surface area contributed by atoms with E-state index in [1.54, 1.807) is 20.8 Å². The summed E-state index contributed by atoms with van der Waals surface area (Å²) in [6, 6.07) is -3.53. The fraction of sp³-hybridized carbons (Fsp3) is 0.722. The van der Waals surface area contributed by atoms with Gasteiger partial charge in [-0.3, -0.25) is 19.2 Å². The Kier molecular flexibility index (Phi) is 11.5. The van der Waals surface area contributed by atoms with Crippen molar-refractivity contribution >= 4 is 29.7 Å². The summed E-state index contributed by atoms with van der Waals surface area (Å²) >= 11 is 0. The van der Waals surface area contributed by atoms with Crippen LogP contribution in [0.25, 0.3) is 0 Å². The Morgan fingerprint density at radius 3 is 1.90 bits per heavy atom. The van der Waals surface area contributed by atoms with Crippen LogP contribution in [0.15, 0.2) is 0 Å². The summed E-state index contributed by atoms with van der Waals surface area (Å²) in [5.41, 5.74) is 5.76. The summed E-state index contributed by atoms with van der Waals surface area (Å²) in [5.74, 6) is -5.40. The van der Waals surface area contributed by atoms with Gasteiger partial charge in [0.1, 0.15) is 12.1 Å². The molecule has 166 valence electrons. The van der Waals surface area contributed by atoms with Crippen LogP contribution in [-0.2, 0) is 24.0 Å². The van der Waals surface area contributed by atoms with Crippen molar-refractivity contribution < 1.29 is 34.2 Å². The highest BCUT2D eigenvalue weighted by molar-refractivity contribution is 5.94. The molecule has 0 aliphatic heterocycles. The zero-order valence-electron chi connectivity index (χ0n) is 17.2. The van der Waals surface area contributed by atoms with Crippen LogP contribution in [0.3, 0.4) is 0 Å². The summed E-state index contributed by atoms with van der Waals surface area (Å²) in [6.45, 7) is 6.52. The molecule has 0 rings (SSSR count). The van der Waals surface area contributed by atoms with E-state index in [1.165, 1.54) is 0 Å². The van der Waals surface area contributed by atoms with Gasteiger partial charge in [-0.15, -0.1) is 0 Å². The number of hydrogen-bond acceptors (Lipinski definition) is 6. The summed E-state index contributed by atoms with van der Waals surface area (Å²) in [6.07, 6.45) is 0.392. The van der Waals surface area contributed by atoms with Gasteiger partial charge in [0.05, 0.1) is 19.0 Å². The van der Waals surface area contributed by atoms with Gasteiger partial charge in [0.2, 0.25) is 17.7 Å². The lowest BCUT2D eigenvalue weighted by Crippen LogP contribution is -2.55. The van der Waals surface area contributed by atoms with E-state index in [-0.39, 0.29) is 5.92 Å². The number of carbonyl (C=O) groups is 5. The third kappa shape index (κ3) is 9.37. The minimum absolute atomic E-state index is 0.0999. The molecule has 0 bridgehead atoms. The first-order chi connectivity index (χ1) is 13.4. The van der Waals surface area contributed by atoms with E-state index in [9.17, 15) is 29.1 Å². The van der Waals surface area contributed by atoms with Crippen LogP contribution in [-0.4, -0.2) is 64.5 Å². The second kappa shape index (κ2) is 12.7. The molecule has 0 fully saturated rings. The highest BCUT2D eigenvalue weighted by Gasteiger charge is 2.31. The molecule has 0 saturated carbocycles. The molecule has 11 nitrogen and oxygen atoms in total. The van der Waals surface area contributed by atoms with E-state index in [0.717, 1.165) is 0 Å². The van der Waals surface area contributed by atoms with Crippen molar-refractivity contribution in [3.63, 3.8) is 0 Å². The Morgan fingerprint density at radius 1 is 0.897 bits per heavy atom. The fourth-order valence-corrected chi connectivity index (χ4v) is 2.36. The number of hydrogen-bond donors (Lipinski definition) is 6. The molecule has 11 heteroatoms. The lowest BCUT2D eigenvalue weighted by atomic mass is 9.98. The lowest BCUT2D eigenvalue weighted by Gasteiger charge is -2.24. The first-order valence-corrected chi connectivity index (χ1v) is 9.52. The van der Waals surface area contributed by atoms with Crippen molar-refractivity contribution in [1.82, 2.24) is 16.0 Å². The second-order valence-corrected chi connectivity index (χ2v) is 7.06. The Morgan fingerprint density at radius 2 is 1.45 bits per heavy atom. The maximum Gasteiger partial charge on any atom is 0.326 e. The van der Waals surface area contributed by atoms with Crippen molar-refractivity contribution in [2.24, 2.45) is 17.6 Å². The number of carboxylic acid groups (broad SMARTS) is 2. The van der Waals surface area contributed by atoms with Crippen molar-refractivity contribution in [3.8, 4) is 0 Å². The first kappa shape index (κ1) is 26.3. The quantitative estimate of drug-likeness (QED) is 0.221. The molecule has 0 aromatic heterocycles. The number of amides is 3. The van der Waals surface area contributed by atoms with Gasteiger partial charge < -0.3 is 31.9 Å². The molecular weight excluding hydrogens is 384 g/mol. The molecule has 0 radical (unpaired) electrons. The Hall–Kier alpha value is -2.69. The number of carboxylic acids is 2. The molecule has 0 aromatic rings. The van der Waals surface area contributed by atoms with Gasteiger partial charge in [0, 0.05) is 0 Å². The van der Waals surface area contributed by atoms with Gasteiger partial charge >= 0.3 is 11.9 Å². The zero-order chi connectivity index (χ0) is 22.7. The van der Waals surface area contributed by atoms with Crippen LogP contribution in [0.1, 0.15) is 47.0 Å². The lowest BCUT2D eigenvalue weighted by molar-refractivity contribution is -0.144. The summed E-state index contributed by atoms with van der Waals surface area (Å²) in [5, 5.41) is 25.0. The van der Waals surface area contributed by atoms with Gasteiger partial charge in [-0.25, -0.2) is 4.79 Å². The molecule has 0 saturated heterocycles. The van der Waals surface area contributed by atoms with E-state index >= 15 is 0 Å². The molecule has 0 aliphatic carbocycles. The molecule has 3 amide bonds. The first-order valence-electron chi connectivity index (χ1n) is 9.52. The monoisotopic (exact) mass is 416 g/mol. The maximum atomic E-state index is 12.4. The van der Waals surface area contributed by atoms with Crippen molar-refractivity contribution in [2.45, 2.75) is 65.1 Å². The normalized spacial score (nSPS) is 15.9.